The molecule has 6 nitrogen and oxygen atoms in total. The van der Waals surface area contributed by atoms with Crippen molar-refractivity contribution >= 4 is 0 Å². The van der Waals surface area contributed by atoms with E-state index in [0.717, 1.165) is 22.4 Å². The van der Waals surface area contributed by atoms with Crippen molar-refractivity contribution in [3.05, 3.63) is 59.7 Å². The van der Waals surface area contributed by atoms with E-state index in [1.807, 2.05) is 48.5 Å². The van der Waals surface area contributed by atoms with Gasteiger partial charge in [0.1, 0.15) is 5.75 Å². The molecule has 6 heteroatoms. The second-order valence-electron chi connectivity index (χ2n) is 4.90. The molecule has 0 aliphatic rings. The fourth-order valence-corrected chi connectivity index (χ4v) is 2.16. The van der Waals surface area contributed by atoms with E-state index in [1.165, 1.54) is 0 Å². The molecule has 0 amide bonds. The molecule has 112 valence electrons. The summed E-state index contributed by atoms with van der Waals surface area (Å²) in [6.45, 7) is 1.06. The number of aromatic nitrogens is 4. The van der Waals surface area contributed by atoms with Gasteiger partial charge in [-0.1, -0.05) is 30.3 Å². The zero-order chi connectivity index (χ0) is 15.4. The zero-order valence-electron chi connectivity index (χ0n) is 12.3. The first-order valence-electron chi connectivity index (χ1n) is 6.98. The van der Waals surface area contributed by atoms with E-state index in [1.54, 1.807) is 11.9 Å². The van der Waals surface area contributed by atoms with Crippen LogP contribution in [-0.2, 0) is 13.1 Å². The van der Waals surface area contributed by atoms with Crippen LogP contribution in [0.5, 0.6) is 5.75 Å². The van der Waals surface area contributed by atoms with Gasteiger partial charge in [0, 0.05) is 12.1 Å². The van der Waals surface area contributed by atoms with Crippen molar-refractivity contribution in [1.29, 1.82) is 0 Å². The minimum Gasteiger partial charge on any atom is -0.497 e. The number of rotatable bonds is 5. The molecule has 2 aromatic carbocycles. The number of benzene rings is 2. The summed E-state index contributed by atoms with van der Waals surface area (Å²) in [6, 6.07) is 15.7. The first-order valence-corrected chi connectivity index (χ1v) is 6.98. The van der Waals surface area contributed by atoms with Crippen LogP contribution in [0.2, 0.25) is 0 Å². The maximum absolute atomic E-state index is 5.66. The van der Waals surface area contributed by atoms with Gasteiger partial charge < -0.3 is 10.5 Å². The summed E-state index contributed by atoms with van der Waals surface area (Å²) in [7, 11) is 1.65. The molecule has 3 rings (SSSR count). The average Bonchev–Trinajstić information content (AvgIpc) is 3.04. The highest BCUT2D eigenvalue weighted by molar-refractivity contribution is 5.54. The third-order valence-electron chi connectivity index (χ3n) is 3.36. The largest absolute Gasteiger partial charge is 0.497 e. The lowest BCUT2D eigenvalue weighted by molar-refractivity contribution is 0.414. The Kier molecular flexibility index (Phi) is 4.11. The summed E-state index contributed by atoms with van der Waals surface area (Å²) in [6.07, 6.45) is 0. The van der Waals surface area contributed by atoms with Crippen molar-refractivity contribution in [2.45, 2.75) is 13.1 Å². The Morgan fingerprint density at radius 3 is 2.64 bits per heavy atom. The van der Waals surface area contributed by atoms with E-state index in [-0.39, 0.29) is 0 Å². The molecule has 0 saturated carbocycles. The average molecular weight is 295 g/mol. The van der Waals surface area contributed by atoms with Crippen LogP contribution in [0.15, 0.2) is 48.5 Å². The maximum atomic E-state index is 5.66. The van der Waals surface area contributed by atoms with Crippen molar-refractivity contribution in [3.63, 3.8) is 0 Å². The molecule has 0 aliphatic heterocycles. The lowest BCUT2D eigenvalue weighted by Crippen LogP contribution is -2.04. The Bertz CT molecular complexity index is 751. The number of hydrogen-bond acceptors (Lipinski definition) is 5. The number of tetrazole rings is 1. The summed E-state index contributed by atoms with van der Waals surface area (Å²) in [5, 5.41) is 12.6. The fraction of sp³-hybridized carbons (Fsp3) is 0.188. The third kappa shape index (κ3) is 3.12. The number of nitrogens with two attached hydrogens (primary N) is 1. The van der Waals surface area contributed by atoms with Gasteiger partial charge in [-0.2, -0.15) is 4.80 Å². The number of ether oxygens (including phenoxy) is 1. The predicted molar refractivity (Wildman–Crippen MR) is 83.2 cm³/mol. The molecule has 2 N–H and O–H groups in total. The maximum Gasteiger partial charge on any atom is 0.204 e. The topological polar surface area (TPSA) is 78.8 Å². The Labute approximate surface area is 128 Å². The van der Waals surface area contributed by atoms with Gasteiger partial charge >= 0.3 is 0 Å². The highest BCUT2D eigenvalue weighted by Crippen LogP contribution is 2.16. The smallest absolute Gasteiger partial charge is 0.204 e. The van der Waals surface area contributed by atoms with Crippen molar-refractivity contribution in [1.82, 2.24) is 20.2 Å². The van der Waals surface area contributed by atoms with Gasteiger partial charge in [-0.25, -0.2) is 0 Å². The van der Waals surface area contributed by atoms with Crippen molar-refractivity contribution in [2.75, 3.05) is 7.11 Å². The molecule has 0 atom stereocenters. The van der Waals surface area contributed by atoms with Crippen molar-refractivity contribution in [2.24, 2.45) is 5.73 Å². The van der Waals surface area contributed by atoms with Gasteiger partial charge in [0.25, 0.3) is 0 Å². The first kappa shape index (κ1) is 14.2. The summed E-state index contributed by atoms with van der Waals surface area (Å²) in [4.78, 5) is 1.58. The SMILES string of the molecule is COc1ccc(Cn2nnc(-c3cccc(CN)c3)n2)cc1. The van der Waals surface area contributed by atoms with Crippen LogP contribution < -0.4 is 10.5 Å². The van der Waals surface area contributed by atoms with Crippen LogP contribution in [0.3, 0.4) is 0 Å². The molecule has 22 heavy (non-hydrogen) atoms. The monoisotopic (exact) mass is 295 g/mol. The lowest BCUT2D eigenvalue weighted by atomic mass is 10.1. The molecule has 3 aromatic rings. The second-order valence-corrected chi connectivity index (χ2v) is 4.90. The molecule has 0 aliphatic carbocycles. The second kappa shape index (κ2) is 6.36. The Morgan fingerprint density at radius 1 is 1.09 bits per heavy atom. The van der Waals surface area contributed by atoms with Crippen molar-refractivity contribution in [3.8, 4) is 17.1 Å². The molecule has 1 heterocycles. The molecule has 0 saturated heterocycles. The van der Waals surface area contributed by atoms with E-state index < -0.39 is 0 Å². The van der Waals surface area contributed by atoms with Gasteiger partial charge in [0.2, 0.25) is 5.82 Å². The highest BCUT2D eigenvalue weighted by atomic mass is 16.5. The lowest BCUT2D eigenvalue weighted by Gasteiger charge is -2.02. The van der Waals surface area contributed by atoms with Gasteiger partial charge in [0.15, 0.2) is 0 Å². The molecule has 1 aromatic heterocycles. The van der Waals surface area contributed by atoms with Gasteiger partial charge in [-0.15, -0.1) is 10.2 Å². The van der Waals surface area contributed by atoms with Crippen LogP contribution in [0.25, 0.3) is 11.4 Å². The molecular weight excluding hydrogens is 278 g/mol. The van der Waals surface area contributed by atoms with E-state index in [4.69, 9.17) is 10.5 Å². The third-order valence-corrected chi connectivity index (χ3v) is 3.36. The highest BCUT2D eigenvalue weighted by Gasteiger charge is 2.07. The van der Waals surface area contributed by atoms with Crippen LogP contribution in [0, 0.1) is 0 Å². The number of methoxy groups -OCH3 is 1. The van der Waals surface area contributed by atoms with E-state index in [0.29, 0.717) is 18.9 Å². The minimum atomic E-state index is 0.494. The van der Waals surface area contributed by atoms with Gasteiger partial charge in [-0.05, 0) is 34.5 Å². The summed E-state index contributed by atoms with van der Waals surface area (Å²) in [5.41, 5.74) is 8.71. The molecule has 0 spiro atoms. The predicted octanol–water partition coefficient (Wildman–Crippen LogP) is 1.86. The standard InChI is InChI=1S/C16H17N5O/c1-22-15-7-5-12(6-8-15)11-21-19-16(18-20-21)14-4-2-3-13(9-14)10-17/h2-9H,10-11,17H2,1H3. The van der Waals surface area contributed by atoms with Gasteiger partial charge in [0.05, 0.1) is 13.7 Å². The number of nitrogens with zero attached hydrogens (tertiary/aromatic N) is 4. The molecular formula is C16H17N5O. The minimum absolute atomic E-state index is 0.494. The normalized spacial score (nSPS) is 10.6. The van der Waals surface area contributed by atoms with Crippen molar-refractivity contribution < 1.29 is 4.74 Å². The molecule has 0 fully saturated rings. The van der Waals surface area contributed by atoms with E-state index in [9.17, 15) is 0 Å². The first-order chi connectivity index (χ1) is 10.8. The summed E-state index contributed by atoms with van der Waals surface area (Å²) in [5.74, 6) is 1.43. The van der Waals surface area contributed by atoms with Crippen LogP contribution >= 0.6 is 0 Å². The summed E-state index contributed by atoms with van der Waals surface area (Å²) < 4.78 is 5.14. The Hall–Kier alpha value is -2.73. The quantitative estimate of drug-likeness (QED) is 0.777. The Balaban J connectivity index is 1.77. The van der Waals surface area contributed by atoms with Crippen LogP contribution in [0.1, 0.15) is 11.1 Å². The zero-order valence-corrected chi connectivity index (χ0v) is 12.3. The van der Waals surface area contributed by atoms with E-state index >= 15 is 0 Å². The molecule has 0 bridgehead atoms. The fourth-order valence-electron chi connectivity index (χ4n) is 2.16. The van der Waals surface area contributed by atoms with Crippen LogP contribution in [-0.4, -0.2) is 27.3 Å². The molecule has 0 unspecified atom stereocenters. The summed E-state index contributed by atoms with van der Waals surface area (Å²) >= 11 is 0. The van der Waals surface area contributed by atoms with Gasteiger partial charge in [-0.3, -0.25) is 0 Å². The Morgan fingerprint density at radius 2 is 1.91 bits per heavy atom. The van der Waals surface area contributed by atoms with Crippen LogP contribution in [0.4, 0.5) is 0 Å². The molecule has 0 radical (unpaired) electrons. The van der Waals surface area contributed by atoms with E-state index in [2.05, 4.69) is 15.4 Å². The number of hydrogen-bond donors (Lipinski definition) is 1.